The highest BCUT2D eigenvalue weighted by Gasteiger charge is 2.42. The van der Waals surface area contributed by atoms with Crippen molar-refractivity contribution in [2.45, 2.75) is 25.4 Å². The highest BCUT2D eigenvalue weighted by Crippen LogP contribution is 2.25. The zero-order chi connectivity index (χ0) is 19.8. The maximum absolute atomic E-state index is 12.9. The van der Waals surface area contributed by atoms with Gasteiger partial charge >= 0.3 is 0 Å². The molecule has 0 saturated carbocycles. The van der Waals surface area contributed by atoms with Crippen LogP contribution >= 0.6 is 11.6 Å². The minimum absolute atomic E-state index is 0.0215. The average molecular weight is 402 g/mol. The number of carbonyl (C=O) groups excluding carboxylic acids is 3. The molecule has 2 aliphatic rings. The van der Waals surface area contributed by atoms with Gasteiger partial charge in [0.2, 0.25) is 11.8 Å². The van der Waals surface area contributed by atoms with Gasteiger partial charge in [0.1, 0.15) is 12.2 Å². The molecule has 2 N–H and O–H groups in total. The first-order valence-corrected chi connectivity index (χ1v) is 9.45. The molecule has 9 heteroatoms. The highest BCUT2D eigenvalue weighted by molar-refractivity contribution is 6.30. The van der Waals surface area contributed by atoms with Crippen molar-refractivity contribution in [3.05, 3.63) is 41.0 Å². The molecule has 2 saturated heterocycles. The summed E-state index contributed by atoms with van der Waals surface area (Å²) in [5.41, 5.74) is 1.74. The van der Waals surface area contributed by atoms with Crippen molar-refractivity contribution in [2.75, 3.05) is 19.6 Å². The van der Waals surface area contributed by atoms with E-state index in [1.54, 1.807) is 23.1 Å². The molecule has 8 nitrogen and oxygen atoms in total. The number of halogens is 1. The molecule has 3 heterocycles. The van der Waals surface area contributed by atoms with Gasteiger partial charge in [0.25, 0.3) is 5.91 Å². The maximum atomic E-state index is 12.9. The summed E-state index contributed by atoms with van der Waals surface area (Å²) in [4.78, 5) is 40.0. The second kappa shape index (κ2) is 7.27. The number of nitrogens with one attached hydrogen (secondary N) is 2. The molecule has 28 heavy (non-hydrogen) atoms. The summed E-state index contributed by atoms with van der Waals surface area (Å²) in [5, 5.41) is 10.4. The molecule has 0 bridgehead atoms. The summed E-state index contributed by atoms with van der Waals surface area (Å²) in [7, 11) is 0. The number of amides is 3. The zero-order valence-electron chi connectivity index (χ0n) is 15.3. The van der Waals surface area contributed by atoms with Crippen LogP contribution in [0, 0.1) is 0 Å². The van der Waals surface area contributed by atoms with Gasteiger partial charge in [-0.1, -0.05) is 23.7 Å². The molecule has 1 aromatic heterocycles. The Labute approximate surface area is 166 Å². The molecule has 3 amide bonds. The Hall–Kier alpha value is -2.87. The van der Waals surface area contributed by atoms with Gasteiger partial charge < -0.3 is 15.1 Å². The number of carbonyl (C=O) groups is 3. The summed E-state index contributed by atoms with van der Waals surface area (Å²) in [6.07, 6.45) is 0.645. The lowest BCUT2D eigenvalue weighted by Gasteiger charge is -2.36. The third-order valence-electron chi connectivity index (χ3n) is 5.12. The van der Waals surface area contributed by atoms with Crippen LogP contribution in [0.5, 0.6) is 0 Å². The Balaban J connectivity index is 1.47. The molecule has 0 aliphatic carbocycles. The average Bonchev–Trinajstić information content (AvgIpc) is 3.27. The first-order valence-electron chi connectivity index (χ1n) is 9.08. The minimum Gasteiger partial charge on any atom is -0.352 e. The lowest BCUT2D eigenvalue weighted by molar-refractivity contribution is -0.136. The van der Waals surface area contributed by atoms with Gasteiger partial charge in [-0.15, -0.1) is 0 Å². The van der Waals surface area contributed by atoms with Crippen molar-refractivity contribution < 1.29 is 14.4 Å². The van der Waals surface area contributed by atoms with E-state index in [1.165, 1.54) is 11.8 Å². The van der Waals surface area contributed by atoms with Gasteiger partial charge in [0.15, 0.2) is 0 Å². The van der Waals surface area contributed by atoms with Crippen LogP contribution in [0.2, 0.25) is 5.02 Å². The Morgan fingerprint density at radius 2 is 2.11 bits per heavy atom. The molecule has 146 valence electrons. The fourth-order valence-corrected chi connectivity index (χ4v) is 4.10. The molecular weight excluding hydrogens is 382 g/mol. The largest absolute Gasteiger partial charge is 0.352 e. The van der Waals surface area contributed by atoms with Crippen molar-refractivity contribution >= 4 is 29.3 Å². The van der Waals surface area contributed by atoms with Crippen molar-refractivity contribution in [3.63, 3.8) is 0 Å². The standard InChI is InChI=1S/C19H20ClN5O3/c1-11(26)21-14-6-15-9-24(10-18(27)25(15)8-14)19(28)17-7-16(22-23-17)12-3-2-4-13(20)5-12/h2-5,7,14-15H,6,8-10H2,1H3,(H,21,26)(H,22,23). The third-order valence-corrected chi connectivity index (χ3v) is 5.35. The molecule has 2 fully saturated rings. The monoisotopic (exact) mass is 401 g/mol. The van der Waals surface area contributed by atoms with Gasteiger partial charge in [-0.3, -0.25) is 19.5 Å². The van der Waals surface area contributed by atoms with Crippen molar-refractivity contribution in [1.29, 1.82) is 0 Å². The van der Waals surface area contributed by atoms with Crippen LogP contribution in [0.15, 0.2) is 30.3 Å². The fourth-order valence-electron chi connectivity index (χ4n) is 3.91. The first-order chi connectivity index (χ1) is 13.4. The van der Waals surface area contributed by atoms with E-state index in [9.17, 15) is 14.4 Å². The number of H-pyrrole nitrogens is 1. The number of aromatic amines is 1. The Kier molecular flexibility index (Phi) is 4.80. The number of hydrogen-bond donors (Lipinski definition) is 2. The topological polar surface area (TPSA) is 98.4 Å². The molecule has 2 aromatic rings. The molecule has 0 spiro atoms. The highest BCUT2D eigenvalue weighted by atomic mass is 35.5. The van der Waals surface area contributed by atoms with Crippen LogP contribution in [0.1, 0.15) is 23.8 Å². The van der Waals surface area contributed by atoms with Crippen LogP contribution in [0.25, 0.3) is 11.3 Å². The quantitative estimate of drug-likeness (QED) is 0.809. The van der Waals surface area contributed by atoms with Crippen molar-refractivity contribution in [2.24, 2.45) is 0 Å². The number of aromatic nitrogens is 2. The first kappa shape index (κ1) is 18.5. The van der Waals surface area contributed by atoms with E-state index in [1.807, 2.05) is 12.1 Å². The van der Waals surface area contributed by atoms with Crippen molar-refractivity contribution in [1.82, 2.24) is 25.3 Å². The van der Waals surface area contributed by atoms with Crippen LogP contribution in [-0.4, -0.2) is 69.4 Å². The fraction of sp³-hybridized carbons (Fsp3) is 0.368. The Morgan fingerprint density at radius 1 is 1.29 bits per heavy atom. The number of fused-ring (bicyclic) bond motifs is 1. The molecule has 1 aromatic carbocycles. The van der Waals surface area contributed by atoms with Crippen LogP contribution in [0.3, 0.4) is 0 Å². The summed E-state index contributed by atoms with van der Waals surface area (Å²) >= 11 is 6.02. The van der Waals surface area contributed by atoms with E-state index in [0.717, 1.165) is 5.56 Å². The van der Waals surface area contributed by atoms with E-state index in [2.05, 4.69) is 15.5 Å². The van der Waals surface area contributed by atoms with Crippen LogP contribution in [0.4, 0.5) is 0 Å². The molecule has 2 aliphatic heterocycles. The molecule has 4 rings (SSSR count). The molecule has 0 radical (unpaired) electrons. The van der Waals surface area contributed by atoms with E-state index in [4.69, 9.17) is 11.6 Å². The molecule has 2 unspecified atom stereocenters. The summed E-state index contributed by atoms with van der Waals surface area (Å²) in [6.45, 7) is 2.42. The van der Waals surface area contributed by atoms with Gasteiger partial charge in [0.05, 0.1) is 11.7 Å². The number of piperazine rings is 1. The second-order valence-electron chi connectivity index (χ2n) is 7.20. The van der Waals surface area contributed by atoms with Gasteiger partial charge in [0, 0.05) is 36.6 Å². The minimum atomic E-state index is -0.267. The normalized spacial score (nSPS) is 21.6. The lowest BCUT2D eigenvalue weighted by Crippen LogP contribution is -2.55. The predicted molar refractivity (Wildman–Crippen MR) is 103 cm³/mol. The van der Waals surface area contributed by atoms with E-state index >= 15 is 0 Å². The van der Waals surface area contributed by atoms with E-state index in [0.29, 0.717) is 35.9 Å². The van der Waals surface area contributed by atoms with Gasteiger partial charge in [-0.05, 0) is 24.6 Å². The predicted octanol–water partition coefficient (Wildman–Crippen LogP) is 1.29. The number of rotatable bonds is 3. The number of nitrogens with zero attached hydrogens (tertiary/aromatic N) is 3. The summed E-state index contributed by atoms with van der Waals surface area (Å²) < 4.78 is 0. The van der Waals surface area contributed by atoms with E-state index in [-0.39, 0.29) is 36.3 Å². The number of hydrogen-bond acceptors (Lipinski definition) is 4. The SMILES string of the molecule is CC(=O)NC1CC2CN(C(=O)c3cc(-c4cccc(Cl)c4)n[nH]3)CC(=O)N2C1. The third kappa shape index (κ3) is 3.60. The van der Waals surface area contributed by atoms with Crippen LogP contribution < -0.4 is 5.32 Å². The van der Waals surface area contributed by atoms with Crippen LogP contribution in [-0.2, 0) is 9.59 Å². The smallest absolute Gasteiger partial charge is 0.272 e. The second-order valence-corrected chi connectivity index (χ2v) is 7.63. The Morgan fingerprint density at radius 3 is 2.86 bits per heavy atom. The Bertz CT molecular complexity index is 943. The summed E-state index contributed by atoms with van der Waals surface area (Å²) in [6, 6.07) is 8.73. The molecular formula is C19H20ClN5O3. The van der Waals surface area contributed by atoms with Crippen molar-refractivity contribution in [3.8, 4) is 11.3 Å². The summed E-state index contributed by atoms with van der Waals surface area (Å²) in [5.74, 6) is -0.486. The zero-order valence-corrected chi connectivity index (χ0v) is 16.1. The van der Waals surface area contributed by atoms with E-state index < -0.39 is 0 Å². The number of benzene rings is 1. The van der Waals surface area contributed by atoms with Gasteiger partial charge in [-0.25, -0.2) is 0 Å². The maximum Gasteiger partial charge on any atom is 0.272 e. The lowest BCUT2D eigenvalue weighted by atomic mass is 10.1. The molecule has 2 atom stereocenters. The van der Waals surface area contributed by atoms with Gasteiger partial charge in [-0.2, -0.15) is 5.10 Å².